The van der Waals surface area contributed by atoms with Gasteiger partial charge in [0, 0.05) is 108 Å². The van der Waals surface area contributed by atoms with Crippen LogP contribution in [0, 0.1) is 0 Å². The van der Waals surface area contributed by atoms with E-state index in [4.69, 9.17) is 20.0 Å². The molecule has 0 radical (unpaired) electrons. The lowest BCUT2D eigenvalue weighted by Gasteiger charge is -2.26. The highest BCUT2D eigenvalue weighted by molar-refractivity contribution is 7.26. The maximum Gasteiger partial charge on any atom is 0.127 e. The molecule has 1 aliphatic heterocycles. The second kappa shape index (κ2) is 23.1. The van der Waals surface area contributed by atoms with Crippen LogP contribution in [-0.4, -0.2) is 69.5 Å². The first-order valence-corrected chi connectivity index (χ1v) is 33.1. The van der Waals surface area contributed by atoms with Crippen molar-refractivity contribution in [3.05, 3.63) is 142 Å². The van der Waals surface area contributed by atoms with Crippen LogP contribution in [0.4, 0.5) is 0 Å². The van der Waals surface area contributed by atoms with Gasteiger partial charge in [0.2, 0.25) is 0 Å². The Labute approximate surface area is 513 Å². The molecule has 3 aliphatic rings. The van der Waals surface area contributed by atoms with Crippen LogP contribution in [0.25, 0.3) is 61.3 Å². The van der Waals surface area contributed by atoms with Crippen LogP contribution in [0.1, 0.15) is 179 Å². The van der Waals surface area contributed by atoms with Crippen LogP contribution in [0.3, 0.4) is 0 Å². The summed E-state index contributed by atoms with van der Waals surface area (Å²) >= 11 is 6.62. The van der Waals surface area contributed by atoms with Crippen molar-refractivity contribution < 1.29 is 20.4 Å². The minimum absolute atomic E-state index is 0.0218. The van der Waals surface area contributed by atoms with Gasteiger partial charge in [-0.2, -0.15) is 0 Å². The van der Waals surface area contributed by atoms with Crippen molar-refractivity contribution >= 4 is 70.2 Å². The van der Waals surface area contributed by atoms with Crippen LogP contribution < -0.4 is 0 Å². The molecule has 436 valence electrons. The first-order chi connectivity index (χ1) is 39.8. The normalized spacial score (nSPS) is 18.8. The Balaban J connectivity index is 1.03. The smallest absolute Gasteiger partial charge is 0.127 e. The maximum absolute atomic E-state index is 12.1. The predicted molar refractivity (Wildman–Crippen MR) is 361 cm³/mol. The summed E-state index contributed by atoms with van der Waals surface area (Å²) in [5, 5.41) is 48.3. The predicted octanol–water partition coefficient (Wildman–Crippen LogP) is 20.0. The molecule has 4 unspecified atom stereocenters. The van der Waals surface area contributed by atoms with E-state index in [1.807, 2.05) is 24.9 Å². The van der Waals surface area contributed by atoms with E-state index >= 15 is 0 Å². The Morgan fingerprint density at radius 3 is 0.679 bits per heavy atom. The number of hydrogen-bond acceptors (Lipinski definition) is 12. The van der Waals surface area contributed by atoms with Crippen LogP contribution in [-0.2, 0) is 21.7 Å². The summed E-state index contributed by atoms with van der Waals surface area (Å²) in [5.41, 5.74) is 8.98. The number of aliphatic imine (C=N–C) groups is 4. The lowest BCUT2D eigenvalue weighted by molar-refractivity contribution is 0.390. The Morgan fingerprint density at radius 1 is 0.298 bits per heavy atom. The van der Waals surface area contributed by atoms with Gasteiger partial charge < -0.3 is 20.4 Å². The molecule has 4 aromatic carbocycles. The fourth-order valence-electron chi connectivity index (χ4n) is 12.0. The molecule has 4 atom stereocenters. The molecule has 2 fully saturated rings. The van der Waals surface area contributed by atoms with Crippen molar-refractivity contribution in [3.63, 3.8) is 0 Å². The molecule has 0 spiro atoms. The quantitative estimate of drug-likeness (QED) is 0.120. The van der Waals surface area contributed by atoms with Gasteiger partial charge in [-0.3, -0.25) is 20.0 Å². The van der Waals surface area contributed by atoms with Crippen LogP contribution in [0.5, 0.6) is 23.0 Å². The minimum atomic E-state index is -0.336. The number of aromatic hydroxyl groups is 4. The third-order valence-electron chi connectivity index (χ3n) is 16.8. The molecule has 8 aromatic rings. The zero-order valence-corrected chi connectivity index (χ0v) is 54.0. The number of fused-ring (bicyclic) bond motifs is 24. The monoisotopic (exact) mass is 1190 g/mol. The number of benzene rings is 4. The number of thiophene rings is 4. The van der Waals surface area contributed by atoms with E-state index in [0.717, 1.165) is 157 Å². The summed E-state index contributed by atoms with van der Waals surface area (Å²) in [6, 6.07) is 33.6. The molecule has 11 rings (SSSR count). The van der Waals surface area contributed by atoms with Gasteiger partial charge in [0.15, 0.2) is 0 Å². The van der Waals surface area contributed by atoms with E-state index in [-0.39, 0.29) is 68.8 Å². The van der Waals surface area contributed by atoms with Crippen LogP contribution in [0.15, 0.2) is 117 Å². The van der Waals surface area contributed by atoms with Gasteiger partial charge in [-0.15, -0.1) is 45.3 Å². The lowest BCUT2D eigenvalue weighted by Crippen LogP contribution is -2.27. The molecule has 2 saturated carbocycles. The minimum Gasteiger partial charge on any atom is -0.507 e. The van der Waals surface area contributed by atoms with Crippen LogP contribution >= 0.6 is 45.3 Å². The van der Waals surface area contributed by atoms with E-state index in [1.165, 1.54) is 0 Å². The molecular formula is C72H80N4O4S4. The second-order valence-electron chi connectivity index (χ2n) is 27.5. The van der Waals surface area contributed by atoms with Gasteiger partial charge in [-0.05, 0) is 167 Å². The Kier molecular flexibility index (Phi) is 16.3. The Bertz CT molecular complexity index is 3390. The molecule has 16 bridgehead atoms. The summed E-state index contributed by atoms with van der Waals surface area (Å²) in [6.07, 6.45) is 16.0. The van der Waals surface area contributed by atoms with Crippen molar-refractivity contribution in [2.45, 2.75) is 180 Å². The molecule has 4 aromatic heterocycles. The van der Waals surface area contributed by atoms with E-state index in [2.05, 4.69) is 180 Å². The largest absolute Gasteiger partial charge is 0.507 e. The Hall–Kier alpha value is -6.44. The lowest BCUT2D eigenvalue weighted by atomic mass is 9.83. The molecular weight excluding hydrogens is 1110 g/mol. The van der Waals surface area contributed by atoms with Crippen molar-refractivity contribution in [2.75, 3.05) is 0 Å². The molecule has 12 heteroatoms. The number of phenols is 4. The molecule has 4 N–H and O–H groups in total. The summed E-state index contributed by atoms with van der Waals surface area (Å²) in [6.45, 7) is 25.7. The summed E-state index contributed by atoms with van der Waals surface area (Å²) in [5.74, 6) is 1.14. The maximum atomic E-state index is 12.1. The number of phenolic OH excluding ortho intramolecular Hbond substituents is 4. The first-order valence-electron chi connectivity index (χ1n) is 29.8. The Morgan fingerprint density at radius 2 is 0.488 bits per heavy atom. The second-order valence-corrected chi connectivity index (χ2v) is 31.8. The van der Waals surface area contributed by atoms with Gasteiger partial charge in [0.25, 0.3) is 0 Å². The summed E-state index contributed by atoms with van der Waals surface area (Å²) in [7, 11) is 0. The van der Waals surface area contributed by atoms with Gasteiger partial charge in [0.05, 0.1) is 24.2 Å². The molecule has 0 amide bonds. The average molecular weight is 1190 g/mol. The molecule has 5 heterocycles. The number of rotatable bonds is 0. The van der Waals surface area contributed by atoms with Crippen molar-refractivity contribution in [1.29, 1.82) is 0 Å². The fraction of sp³-hybridized carbons (Fsp3) is 0.389. The molecule has 8 nitrogen and oxygen atoms in total. The standard InChI is InChI=1S/C72H80N4O4S4/c1-69(2,3)49-33-41-29-45(65(49)77)57-21-25-61(81-57)62-26-22-58(82-62)46-31-43(35-51(66(46)78)71(7,8)9)39-75-55-19-15-16-20-56(55)76-40-44-32-48(68(80)52(36-44)72(10,11)12)60-24-28-64(84-60)63-27-23-59(83-63)47-30-42(34-50(67(47)79)70(4,5)6)38-74-54-18-14-13-17-53(54)73-37-41/h21-40,53-56,77-80H,13-20H2,1-12H3. The zero-order valence-electron chi connectivity index (χ0n) is 50.7. The molecule has 84 heavy (non-hydrogen) atoms. The topological polar surface area (TPSA) is 130 Å². The van der Waals surface area contributed by atoms with Crippen molar-refractivity contribution in [2.24, 2.45) is 20.0 Å². The van der Waals surface area contributed by atoms with E-state index in [9.17, 15) is 20.4 Å². The van der Waals surface area contributed by atoms with Gasteiger partial charge >= 0.3 is 0 Å². The average Bonchev–Trinajstić information content (AvgIpc) is 4.36. The summed E-state index contributed by atoms with van der Waals surface area (Å²) < 4.78 is 0. The highest BCUT2D eigenvalue weighted by Gasteiger charge is 2.30. The zero-order chi connectivity index (χ0) is 59.6. The van der Waals surface area contributed by atoms with E-state index < -0.39 is 0 Å². The highest BCUT2D eigenvalue weighted by atomic mass is 32.1. The molecule has 0 saturated heterocycles. The van der Waals surface area contributed by atoms with Crippen molar-refractivity contribution in [1.82, 2.24) is 0 Å². The third-order valence-corrected chi connectivity index (χ3v) is 21.6. The highest BCUT2D eigenvalue weighted by Crippen LogP contribution is 2.50. The van der Waals surface area contributed by atoms with E-state index in [0.29, 0.717) is 0 Å². The number of nitrogens with zero attached hydrogens (tertiary/aromatic N) is 4. The van der Waals surface area contributed by atoms with E-state index in [1.54, 1.807) is 45.3 Å². The SMILES string of the molecule is CC(C)(C)c1cc2cc(c1O)-c1ccc(s1)-c1ccc(s1)-c1cc(cc(C(C)(C)C)c1O)C=NC1CCCCC1N=Cc1cc(c(O)c(C(C)(C)C)c1)-c1ccc(s1)-c1ccc(s1)-c1cc(cc(C(C)(C)C)c1O)C=NC1CCCCC1N=C2. The van der Waals surface area contributed by atoms with Gasteiger partial charge in [0.1, 0.15) is 23.0 Å². The molecule has 2 aliphatic carbocycles. The summed E-state index contributed by atoms with van der Waals surface area (Å²) in [4.78, 5) is 29.4. The van der Waals surface area contributed by atoms with Crippen molar-refractivity contribution in [3.8, 4) is 84.3 Å². The fourth-order valence-corrected chi connectivity index (χ4v) is 16.3. The van der Waals surface area contributed by atoms with Crippen LogP contribution in [0.2, 0.25) is 0 Å². The third kappa shape index (κ3) is 12.5. The first kappa shape index (κ1) is 59.3. The van der Waals surface area contributed by atoms with Gasteiger partial charge in [-0.25, -0.2) is 0 Å². The van der Waals surface area contributed by atoms with Gasteiger partial charge in [-0.1, -0.05) is 109 Å². The number of hydrogen-bond donors (Lipinski definition) is 4.